The monoisotopic (exact) mass is 423 g/mol. The van der Waals surface area contributed by atoms with Crippen LogP contribution in [0.15, 0.2) is 29.3 Å². The van der Waals surface area contributed by atoms with Crippen molar-refractivity contribution in [1.29, 1.82) is 0 Å². The molecule has 2 fully saturated rings. The van der Waals surface area contributed by atoms with E-state index in [0.29, 0.717) is 32.1 Å². The Labute approximate surface area is 174 Å². The van der Waals surface area contributed by atoms with Gasteiger partial charge in [-0.25, -0.2) is 17.7 Å². The summed E-state index contributed by atoms with van der Waals surface area (Å²) in [5, 5.41) is 6.51. The fourth-order valence-corrected chi connectivity index (χ4v) is 5.14. The fraction of sp³-hybridized carbons (Fsp3) is 0.650. The summed E-state index contributed by atoms with van der Waals surface area (Å²) < 4.78 is 30.8. The van der Waals surface area contributed by atoms with Crippen LogP contribution in [0.25, 0.3) is 0 Å². The Bertz CT molecular complexity index is 778. The maximum Gasteiger partial charge on any atom is 0.214 e. The molecule has 0 saturated carbocycles. The average molecular weight is 424 g/mol. The highest BCUT2D eigenvalue weighted by Crippen LogP contribution is 2.14. The van der Waals surface area contributed by atoms with Crippen LogP contribution in [0.2, 0.25) is 0 Å². The highest BCUT2D eigenvalue weighted by molar-refractivity contribution is 7.89. The van der Waals surface area contributed by atoms with Gasteiger partial charge in [-0.3, -0.25) is 4.90 Å². The lowest BCUT2D eigenvalue weighted by Gasteiger charge is -2.27. The maximum atomic E-state index is 11.9. The molecule has 162 valence electrons. The van der Waals surface area contributed by atoms with E-state index in [1.165, 1.54) is 11.1 Å². The van der Waals surface area contributed by atoms with Gasteiger partial charge in [0.15, 0.2) is 5.96 Å². The molecular weight excluding hydrogens is 390 g/mol. The number of morpholine rings is 1. The molecule has 0 bridgehead atoms. The first kappa shape index (κ1) is 22.0. The number of rotatable bonds is 8. The van der Waals surface area contributed by atoms with Crippen LogP contribution in [0.5, 0.6) is 0 Å². The molecule has 1 aromatic carbocycles. The number of aliphatic imine (C=N–C) groups is 1. The molecule has 0 unspecified atom stereocenters. The van der Waals surface area contributed by atoms with Crippen LogP contribution >= 0.6 is 0 Å². The summed E-state index contributed by atoms with van der Waals surface area (Å²) in [5.74, 6) is 0.978. The van der Waals surface area contributed by atoms with Gasteiger partial charge in [-0.2, -0.15) is 0 Å². The van der Waals surface area contributed by atoms with E-state index >= 15 is 0 Å². The third-order valence-corrected chi connectivity index (χ3v) is 7.18. The number of hydrogen-bond donors (Lipinski definition) is 2. The zero-order valence-electron chi connectivity index (χ0n) is 17.3. The van der Waals surface area contributed by atoms with E-state index in [-0.39, 0.29) is 5.75 Å². The number of nitrogens with zero attached hydrogens (tertiary/aromatic N) is 3. The van der Waals surface area contributed by atoms with Gasteiger partial charge in [0.05, 0.1) is 25.5 Å². The highest BCUT2D eigenvalue weighted by Gasteiger charge is 2.27. The third-order valence-electron chi connectivity index (χ3n) is 5.22. The van der Waals surface area contributed by atoms with Crippen LogP contribution in [0, 0.1) is 0 Å². The Balaban J connectivity index is 1.56. The minimum absolute atomic E-state index is 0.265. The lowest BCUT2D eigenvalue weighted by Crippen LogP contribution is -2.42. The van der Waals surface area contributed by atoms with Crippen LogP contribution in [-0.2, 0) is 27.8 Å². The standard InChI is InChI=1S/C20H33N5O3S/c1-2-21-20(22-8-10-25-9-5-15-29(25,26)27)23-16-18-6-3-4-7-19(18)17-24-11-13-28-14-12-24/h3-4,6-7H,2,5,8-17H2,1H3,(H2,21,22,23). The number of hydrogen-bond acceptors (Lipinski definition) is 5. The first-order valence-corrected chi connectivity index (χ1v) is 12.1. The normalized spacial score (nSPS) is 20.7. The SMILES string of the molecule is CCNC(=NCc1ccccc1CN1CCOCC1)NCCN1CCCS1(=O)=O. The summed E-state index contributed by atoms with van der Waals surface area (Å²) in [6.07, 6.45) is 0.719. The van der Waals surface area contributed by atoms with E-state index in [4.69, 9.17) is 9.73 Å². The lowest BCUT2D eigenvalue weighted by molar-refractivity contribution is 0.0341. The van der Waals surface area contributed by atoms with Gasteiger partial charge in [0.2, 0.25) is 10.0 Å². The fourth-order valence-electron chi connectivity index (χ4n) is 3.61. The summed E-state index contributed by atoms with van der Waals surface area (Å²) >= 11 is 0. The van der Waals surface area contributed by atoms with Gasteiger partial charge in [0.25, 0.3) is 0 Å². The summed E-state index contributed by atoms with van der Waals surface area (Å²) in [6.45, 7) is 9.40. The average Bonchev–Trinajstić information content (AvgIpc) is 3.06. The molecule has 2 aliphatic heterocycles. The molecule has 2 aliphatic rings. The molecule has 0 amide bonds. The second-order valence-corrected chi connectivity index (χ2v) is 9.44. The maximum absolute atomic E-state index is 11.9. The second-order valence-electron chi connectivity index (χ2n) is 7.35. The zero-order valence-corrected chi connectivity index (χ0v) is 18.1. The Morgan fingerprint density at radius 3 is 2.59 bits per heavy atom. The van der Waals surface area contributed by atoms with E-state index in [0.717, 1.165) is 45.8 Å². The van der Waals surface area contributed by atoms with Crippen molar-refractivity contribution < 1.29 is 13.2 Å². The molecule has 3 rings (SSSR count). The Kier molecular flexibility index (Phi) is 8.29. The van der Waals surface area contributed by atoms with Crippen LogP contribution in [0.4, 0.5) is 0 Å². The Morgan fingerprint density at radius 2 is 1.90 bits per heavy atom. The molecule has 0 aliphatic carbocycles. The van der Waals surface area contributed by atoms with Gasteiger partial charge < -0.3 is 15.4 Å². The molecule has 9 heteroatoms. The van der Waals surface area contributed by atoms with Crippen LogP contribution in [-0.4, -0.2) is 81.8 Å². The van der Waals surface area contributed by atoms with Gasteiger partial charge in [-0.05, 0) is 24.5 Å². The molecule has 2 saturated heterocycles. The summed E-state index contributed by atoms with van der Waals surface area (Å²) in [6, 6.07) is 8.41. The van der Waals surface area contributed by atoms with Crippen molar-refractivity contribution in [2.24, 2.45) is 4.99 Å². The van der Waals surface area contributed by atoms with E-state index in [2.05, 4.69) is 33.7 Å². The number of guanidine groups is 1. The molecule has 8 nitrogen and oxygen atoms in total. The number of benzene rings is 1. The van der Waals surface area contributed by atoms with Crippen molar-refractivity contribution in [1.82, 2.24) is 19.8 Å². The van der Waals surface area contributed by atoms with E-state index < -0.39 is 10.0 Å². The van der Waals surface area contributed by atoms with Gasteiger partial charge in [0, 0.05) is 45.8 Å². The molecule has 29 heavy (non-hydrogen) atoms. The Hall–Kier alpha value is -1.68. The lowest BCUT2D eigenvalue weighted by atomic mass is 10.1. The van der Waals surface area contributed by atoms with Crippen molar-refractivity contribution >= 4 is 16.0 Å². The van der Waals surface area contributed by atoms with Crippen LogP contribution in [0.3, 0.4) is 0 Å². The van der Waals surface area contributed by atoms with Crippen molar-refractivity contribution in [3.8, 4) is 0 Å². The summed E-state index contributed by atoms with van der Waals surface area (Å²) in [5.41, 5.74) is 2.50. The van der Waals surface area contributed by atoms with Gasteiger partial charge >= 0.3 is 0 Å². The van der Waals surface area contributed by atoms with E-state index in [9.17, 15) is 8.42 Å². The van der Waals surface area contributed by atoms with Gasteiger partial charge in [0.1, 0.15) is 0 Å². The summed E-state index contributed by atoms with van der Waals surface area (Å²) in [7, 11) is -3.05. The topological polar surface area (TPSA) is 86.3 Å². The first-order chi connectivity index (χ1) is 14.1. The minimum Gasteiger partial charge on any atom is -0.379 e. The molecule has 0 spiro atoms. The minimum atomic E-state index is -3.05. The van der Waals surface area contributed by atoms with Crippen molar-refractivity contribution in [3.63, 3.8) is 0 Å². The highest BCUT2D eigenvalue weighted by atomic mass is 32.2. The first-order valence-electron chi connectivity index (χ1n) is 10.5. The van der Waals surface area contributed by atoms with E-state index in [1.807, 2.05) is 13.0 Å². The Morgan fingerprint density at radius 1 is 1.14 bits per heavy atom. The predicted molar refractivity (Wildman–Crippen MR) is 115 cm³/mol. The predicted octanol–water partition coefficient (Wildman–Crippen LogP) is 0.609. The molecule has 2 heterocycles. The largest absolute Gasteiger partial charge is 0.379 e. The molecular formula is C20H33N5O3S. The van der Waals surface area contributed by atoms with Crippen molar-refractivity contribution in [2.45, 2.75) is 26.4 Å². The third kappa shape index (κ3) is 6.67. The zero-order chi connectivity index (χ0) is 20.5. The molecule has 0 atom stereocenters. The van der Waals surface area contributed by atoms with Crippen molar-refractivity contribution in [3.05, 3.63) is 35.4 Å². The molecule has 0 aromatic heterocycles. The van der Waals surface area contributed by atoms with Gasteiger partial charge in [-0.1, -0.05) is 24.3 Å². The number of nitrogens with one attached hydrogen (secondary N) is 2. The second kappa shape index (κ2) is 10.9. The molecule has 0 radical (unpaired) electrons. The number of sulfonamides is 1. The van der Waals surface area contributed by atoms with Crippen molar-refractivity contribution in [2.75, 3.05) is 58.2 Å². The van der Waals surface area contributed by atoms with E-state index in [1.54, 1.807) is 4.31 Å². The molecule has 1 aromatic rings. The van der Waals surface area contributed by atoms with Crippen LogP contribution < -0.4 is 10.6 Å². The van der Waals surface area contributed by atoms with Gasteiger partial charge in [-0.15, -0.1) is 0 Å². The van der Waals surface area contributed by atoms with Crippen LogP contribution in [0.1, 0.15) is 24.5 Å². The molecule has 2 N–H and O–H groups in total. The smallest absolute Gasteiger partial charge is 0.214 e. The quantitative estimate of drug-likeness (QED) is 0.471. The summed E-state index contributed by atoms with van der Waals surface area (Å²) in [4.78, 5) is 7.13. The number of ether oxygens (including phenoxy) is 1.